The molecule has 0 fully saturated rings. The summed E-state index contributed by atoms with van der Waals surface area (Å²) in [4.78, 5) is 63.5. The lowest BCUT2D eigenvalue weighted by molar-refractivity contribution is -0.155. The zero-order valence-corrected chi connectivity index (χ0v) is 21.0. The summed E-state index contributed by atoms with van der Waals surface area (Å²) in [5, 5.41) is 2.73. The summed E-state index contributed by atoms with van der Waals surface area (Å²) < 4.78 is 20.9. The Morgan fingerprint density at radius 1 is 0.743 bits per heavy atom. The Kier molecular flexibility index (Phi) is 27.2. The highest BCUT2D eigenvalue weighted by Crippen LogP contribution is 2.01. The van der Waals surface area contributed by atoms with E-state index in [0.717, 1.165) is 18.9 Å². The number of unbranched alkanes of at least 4 members (excludes halogenated alkanes) is 3. The lowest BCUT2D eigenvalue weighted by Crippen LogP contribution is -2.30. The van der Waals surface area contributed by atoms with Crippen LogP contribution in [-0.4, -0.2) is 82.4 Å². The third-order valence-electron chi connectivity index (χ3n) is 4.16. The summed E-state index contributed by atoms with van der Waals surface area (Å²) in [6, 6.07) is 0. The molecule has 1 amide bonds. The van der Waals surface area contributed by atoms with Gasteiger partial charge >= 0.3 is 11.9 Å². The summed E-state index contributed by atoms with van der Waals surface area (Å²) >= 11 is 0. The number of esters is 2. The smallest absolute Gasteiger partial charge is 0.305 e. The van der Waals surface area contributed by atoms with Gasteiger partial charge in [0.1, 0.15) is 38.2 Å². The van der Waals surface area contributed by atoms with Crippen molar-refractivity contribution in [3.05, 3.63) is 0 Å². The summed E-state index contributed by atoms with van der Waals surface area (Å²) in [7, 11) is 0. The van der Waals surface area contributed by atoms with Crippen LogP contribution in [0.3, 0.4) is 0 Å². The Morgan fingerprint density at radius 2 is 1.29 bits per heavy atom. The molecule has 0 heterocycles. The zero-order valence-electron chi connectivity index (χ0n) is 21.0. The number of nitrogens with one attached hydrogen (secondary N) is 1. The molecule has 0 saturated heterocycles. The van der Waals surface area contributed by atoms with Crippen molar-refractivity contribution in [1.82, 2.24) is 5.32 Å². The number of amides is 1. The quantitative estimate of drug-likeness (QED) is 0.131. The van der Waals surface area contributed by atoms with Crippen LogP contribution in [0.2, 0.25) is 0 Å². The lowest BCUT2D eigenvalue weighted by Gasteiger charge is -2.18. The van der Waals surface area contributed by atoms with Crippen LogP contribution < -0.4 is 5.32 Å². The van der Waals surface area contributed by atoms with Gasteiger partial charge in [-0.3, -0.25) is 14.4 Å². The van der Waals surface area contributed by atoms with Gasteiger partial charge in [0.25, 0.3) is 0 Å². The molecule has 0 unspecified atom stereocenters. The fraction of sp³-hybridized carbons (Fsp3) is 0.750. The van der Waals surface area contributed by atoms with E-state index in [9.17, 15) is 28.8 Å². The Bertz CT molecular complexity index is 555. The number of hydrogen-bond donors (Lipinski definition) is 1. The standard InChI is InChI=1S/C19H33NO8.C5H8O2/c1-3-18(23)27-14-16(15-28-19(24)4-2)26-12-7-8-17(22)20-9-13-25-11-6-5-10-21;6-4-2-1-3-5-7/h10,16H,3-9,11-15H2,1-2H3,(H,20,22);4-5H,1-3H2. The Labute approximate surface area is 207 Å². The van der Waals surface area contributed by atoms with E-state index < -0.39 is 6.10 Å². The third-order valence-corrected chi connectivity index (χ3v) is 4.16. The molecule has 0 aromatic rings. The first-order chi connectivity index (χ1) is 16.9. The fourth-order valence-corrected chi connectivity index (χ4v) is 2.21. The Morgan fingerprint density at radius 3 is 1.80 bits per heavy atom. The maximum absolute atomic E-state index is 11.7. The fourth-order valence-electron chi connectivity index (χ4n) is 2.21. The van der Waals surface area contributed by atoms with Crippen LogP contribution in [0.4, 0.5) is 0 Å². The number of aldehydes is 3. The van der Waals surface area contributed by atoms with E-state index in [1.54, 1.807) is 13.8 Å². The lowest BCUT2D eigenvalue weighted by atomic mass is 10.3. The van der Waals surface area contributed by atoms with Crippen molar-refractivity contribution in [2.75, 3.05) is 39.6 Å². The van der Waals surface area contributed by atoms with Gasteiger partial charge in [-0.15, -0.1) is 0 Å². The highest BCUT2D eigenvalue weighted by atomic mass is 16.6. The maximum Gasteiger partial charge on any atom is 0.305 e. The average molecular weight is 504 g/mol. The molecule has 1 N–H and O–H groups in total. The molecular weight excluding hydrogens is 462 g/mol. The van der Waals surface area contributed by atoms with Gasteiger partial charge in [0.05, 0.1) is 6.61 Å². The number of carbonyl (C=O) groups is 6. The Balaban J connectivity index is 0. The number of hydrogen-bond acceptors (Lipinski definition) is 10. The first-order valence-electron chi connectivity index (χ1n) is 12.0. The first kappa shape index (κ1) is 34.5. The van der Waals surface area contributed by atoms with Crippen LogP contribution in [0.25, 0.3) is 0 Å². The van der Waals surface area contributed by atoms with Gasteiger partial charge in [-0.05, 0) is 19.3 Å². The van der Waals surface area contributed by atoms with Crippen molar-refractivity contribution in [1.29, 1.82) is 0 Å². The van der Waals surface area contributed by atoms with Gasteiger partial charge in [0.15, 0.2) is 0 Å². The van der Waals surface area contributed by atoms with E-state index in [0.29, 0.717) is 58.3 Å². The highest BCUT2D eigenvalue weighted by molar-refractivity contribution is 5.75. The van der Waals surface area contributed by atoms with Gasteiger partial charge in [-0.25, -0.2) is 0 Å². The average Bonchev–Trinajstić information content (AvgIpc) is 2.87. The molecule has 0 aromatic carbocycles. The van der Waals surface area contributed by atoms with E-state index in [2.05, 4.69) is 5.32 Å². The summed E-state index contributed by atoms with van der Waals surface area (Å²) in [5.41, 5.74) is 0. The van der Waals surface area contributed by atoms with Crippen molar-refractivity contribution < 1.29 is 47.7 Å². The van der Waals surface area contributed by atoms with Gasteiger partial charge in [0.2, 0.25) is 5.91 Å². The molecule has 0 aromatic heterocycles. The molecule has 0 aliphatic rings. The minimum atomic E-state index is -0.561. The Hall–Kier alpha value is -2.66. The molecular formula is C24H41NO10. The van der Waals surface area contributed by atoms with Gasteiger partial charge < -0.3 is 38.6 Å². The molecule has 202 valence electrons. The maximum atomic E-state index is 11.7. The number of rotatable bonds is 22. The number of carbonyl (C=O) groups excluding carboxylic acids is 6. The van der Waals surface area contributed by atoms with Crippen molar-refractivity contribution in [2.24, 2.45) is 0 Å². The molecule has 0 bridgehead atoms. The van der Waals surface area contributed by atoms with Crippen molar-refractivity contribution in [3.8, 4) is 0 Å². The molecule has 0 rings (SSSR count). The van der Waals surface area contributed by atoms with Crippen molar-refractivity contribution >= 4 is 36.7 Å². The molecule has 11 nitrogen and oxygen atoms in total. The molecule has 0 radical (unpaired) electrons. The summed E-state index contributed by atoms with van der Waals surface area (Å²) in [6.07, 6.45) is 6.07. The van der Waals surface area contributed by atoms with Crippen LogP contribution in [0.1, 0.15) is 71.6 Å². The number of ether oxygens (including phenoxy) is 4. The van der Waals surface area contributed by atoms with Gasteiger partial charge in [0, 0.05) is 58.3 Å². The van der Waals surface area contributed by atoms with Gasteiger partial charge in [-0.2, -0.15) is 0 Å². The molecule has 0 aliphatic heterocycles. The largest absolute Gasteiger partial charge is 0.463 e. The second kappa shape index (κ2) is 27.6. The topological polar surface area (TPSA) is 151 Å². The first-order valence-corrected chi connectivity index (χ1v) is 12.0. The van der Waals surface area contributed by atoms with Gasteiger partial charge in [-0.1, -0.05) is 13.8 Å². The summed E-state index contributed by atoms with van der Waals surface area (Å²) in [6.45, 7) is 4.93. The monoisotopic (exact) mass is 503 g/mol. The predicted molar refractivity (Wildman–Crippen MR) is 127 cm³/mol. The van der Waals surface area contributed by atoms with E-state index in [-0.39, 0.29) is 56.9 Å². The SMILES string of the molecule is CCC(=O)OCC(COC(=O)CC)OCCCC(=O)NCCOCCCC=O.O=CCCCC=O. The molecule has 0 atom stereocenters. The minimum Gasteiger partial charge on any atom is -0.463 e. The normalized spacial score (nSPS) is 10.0. The van der Waals surface area contributed by atoms with Crippen LogP contribution in [0.5, 0.6) is 0 Å². The van der Waals surface area contributed by atoms with Crippen LogP contribution in [0, 0.1) is 0 Å². The van der Waals surface area contributed by atoms with Crippen LogP contribution in [0.15, 0.2) is 0 Å². The summed E-state index contributed by atoms with van der Waals surface area (Å²) in [5.74, 6) is -0.835. The van der Waals surface area contributed by atoms with Crippen LogP contribution >= 0.6 is 0 Å². The minimum absolute atomic E-state index is 0.00267. The van der Waals surface area contributed by atoms with Crippen molar-refractivity contribution in [3.63, 3.8) is 0 Å². The zero-order chi connectivity index (χ0) is 26.6. The van der Waals surface area contributed by atoms with E-state index >= 15 is 0 Å². The molecule has 35 heavy (non-hydrogen) atoms. The second-order valence-electron chi connectivity index (χ2n) is 7.20. The van der Waals surface area contributed by atoms with Crippen molar-refractivity contribution in [2.45, 2.75) is 77.7 Å². The highest BCUT2D eigenvalue weighted by Gasteiger charge is 2.15. The van der Waals surface area contributed by atoms with Crippen LogP contribution in [-0.2, 0) is 47.7 Å². The van der Waals surface area contributed by atoms with E-state index in [4.69, 9.17) is 18.9 Å². The predicted octanol–water partition coefficient (Wildman–Crippen LogP) is 1.72. The third kappa shape index (κ3) is 27.5. The van der Waals surface area contributed by atoms with E-state index in [1.165, 1.54) is 0 Å². The molecule has 0 saturated carbocycles. The molecule has 0 spiro atoms. The second-order valence-corrected chi connectivity index (χ2v) is 7.20. The van der Waals surface area contributed by atoms with E-state index in [1.807, 2.05) is 0 Å². The molecule has 0 aliphatic carbocycles. The molecule has 11 heteroatoms.